The second-order valence-electron chi connectivity index (χ2n) is 4.99. The van der Waals surface area contributed by atoms with E-state index in [2.05, 4.69) is 34.3 Å². The molecule has 20 heavy (non-hydrogen) atoms. The average molecular weight is 388 g/mol. The minimum absolute atomic E-state index is 0. The molecule has 3 N–H and O–H groups in total. The van der Waals surface area contributed by atoms with Crippen molar-refractivity contribution in [3.63, 3.8) is 0 Å². The van der Waals surface area contributed by atoms with Crippen LogP contribution in [0, 0.1) is 0 Å². The molecular formula is C15H25IN4. The third-order valence-electron chi connectivity index (χ3n) is 3.70. The Morgan fingerprint density at radius 1 is 1.40 bits per heavy atom. The number of hydrogen-bond acceptors (Lipinski definition) is 2. The highest BCUT2D eigenvalue weighted by Gasteiger charge is 2.22. The fraction of sp³-hybridized carbons (Fsp3) is 0.533. The van der Waals surface area contributed by atoms with Crippen molar-refractivity contribution in [3.05, 3.63) is 35.9 Å². The minimum atomic E-state index is 0. The molecular weight excluding hydrogens is 363 g/mol. The lowest BCUT2D eigenvalue weighted by Crippen LogP contribution is -2.42. The van der Waals surface area contributed by atoms with Gasteiger partial charge in [-0.05, 0) is 31.5 Å². The summed E-state index contributed by atoms with van der Waals surface area (Å²) in [6, 6.07) is 10.8. The number of nitrogens with zero attached hydrogens (tertiary/aromatic N) is 2. The largest absolute Gasteiger partial charge is 0.370 e. The molecule has 1 heterocycles. The lowest BCUT2D eigenvalue weighted by Gasteiger charge is -2.23. The van der Waals surface area contributed by atoms with Crippen LogP contribution in [0.25, 0.3) is 0 Å². The molecule has 0 amide bonds. The smallest absolute Gasteiger partial charge is 0.188 e. The second kappa shape index (κ2) is 9.18. The standard InChI is InChI=1S/C15H24N4.HI/c1-2-19-10-6-9-14(19)12-18-15(16)17-11-13-7-4-3-5-8-13;/h3-5,7-8,14H,2,6,9-12H2,1H3,(H3,16,17,18);1H. The lowest BCUT2D eigenvalue weighted by molar-refractivity contribution is 0.267. The van der Waals surface area contributed by atoms with Gasteiger partial charge in [0.1, 0.15) is 0 Å². The van der Waals surface area contributed by atoms with Crippen molar-refractivity contribution in [2.75, 3.05) is 19.6 Å². The van der Waals surface area contributed by atoms with Crippen molar-refractivity contribution in [2.45, 2.75) is 32.4 Å². The molecule has 0 radical (unpaired) electrons. The molecule has 1 aromatic rings. The third-order valence-corrected chi connectivity index (χ3v) is 3.70. The second-order valence-corrected chi connectivity index (χ2v) is 4.99. The molecule has 5 heteroatoms. The Bertz CT molecular complexity index is 408. The van der Waals surface area contributed by atoms with E-state index in [0.717, 1.165) is 13.1 Å². The predicted octanol–water partition coefficient (Wildman–Crippen LogP) is 2.19. The van der Waals surface area contributed by atoms with Crippen LogP contribution in [0.15, 0.2) is 35.3 Å². The van der Waals surface area contributed by atoms with Gasteiger partial charge in [-0.1, -0.05) is 37.3 Å². The third kappa shape index (κ3) is 5.28. The van der Waals surface area contributed by atoms with Crippen LogP contribution in [0.2, 0.25) is 0 Å². The molecule has 1 saturated heterocycles. The monoisotopic (exact) mass is 388 g/mol. The number of hydrogen-bond donors (Lipinski definition) is 2. The molecule has 1 aromatic carbocycles. The number of halogens is 1. The quantitative estimate of drug-likeness (QED) is 0.462. The summed E-state index contributed by atoms with van der Waals surface area (Å²) in [6.07, 6.45) is 2.55. The highest BCUT2D eigenvalue weighted by molar-refractivity contribution is 14.0. The fourth-order valence-corrected chi connectivity index (χ4v) is 2.58. The maximum absolute atomic E-state index is 5.91. The van der Waals surface area contributed by atoms with Gasteiger partial charge in [0.2, 0.25) is 0 Å². The molecule has 0 aliphatic carbocycles. The molecule has 0 spiro atoms. The molecule has 0 saturated carbocycles. The van der Waals surface area contributed by atoms with E-state index < -0.39 is 0 Å². The summed E-state index contributed by atoms with van der Waals surface area (Å²) in [7, 11) is 0. The van der Waals surface area contributed by atoms with E-state index in [-0.39, 0.29) is 24.0 Å². The van der Waals surface area contributed by atoms with E-state index in [9.17, 15) is 0 Å². The number of benzene rings is 1. The molecule has 2 rings (SSSR count). The zero-order valence-electron chi connectivity index (χ0n) is 12.1. The fourth-order valence-electron chi connectivity index (χ4n) is 2.58. The first-order valence-electron chi connectivity index (χ1n) is 7.11. The summed E-state index contributed by atoms with van der Waals surface area (Å²) in [6.45, 7) is 6.09. The minimum Gasteiger partial charge on any atom is -0.370 e. The van der Waals surface area contributed by atoms with Crippen LogP contribution in [0.5, 0.6) is 0 Å². The van der Waals surface area contributed by atoms with E-state index in [1.165, 1.54) is 24.9 Å². The zero-order valence-corrected chi connectivity index (χ0v) is 14.4. The van der Waals surface area contributed by atoms with Crippen molar-refractivity contribution in [1.82, 2.24) is 10.2 Å². The molecule has 1 aliphatic heterocycles. The highest BCUT2D eigenvalue weighted by Crippen LogP contribution is 2.15. The van der Waals surface area contributed by atoms with Gasteiger partial charge in [-0.2, -0.15) is 0 Å². The molecule has 0 bridgehead atoms. The van der Waals surface area contributed by atoms with Gasteiger partial charge in [-0.3, -0.25) is 4.90 Å². The number of guanidine groups is 1. The first kappa shape index (κ1) is 17.2. The van der Waals surface area contributed by atoms with E-state index in [1.54, 1.807) is 0 Å². The van der Waals surface area contributed by atoms with Gasteiger partial charge in [0.25, 0.3) is 0 Å². The predicted molar refractivity (Wildman–Crippen MR) is 95.5 cm³/mol. The van der Waals surface area contributed by atoms with Gasteiger partial charge >= 0.3 is 0 Å². The molecule has 1 atom stereocenters. The van der Waals surface area contributed by atoms with Crippen molar-refractivity contribution >= 4 is 29.9 Å². The van der Waals surface area contributed by atoms with Crippen molar-refractivity contribution in [2.24, 2.45) is 10.7 Å². The van der Waals surface area contributed by atoms with Crippen LogP contribution in [-0.4, -0.2) is 36.5 Å². The number of likely N-dealkylation sites (N-methyl/N-ethyl adjacent to an activating group) is 1. The van der Waals surface area contributed by atoms with E-state index >= 15 is 0 Å². The van der Waals surface area contributed by atoms with Gasteiger partial charge in [0.15, 0.2) is 5.96 Å². The Labute approximate surface area is 138 Å². The molecule has 1 aliphatic rings. The first-order chi connectivity index (χ1) is 9.29. The number of aliphatic imine (C=N–C) groups is 1. The Hall–Kier alpha value is -0.820. The highest BCUT2D eigenvalue weighted by atomic mass is 127. The van der Waals surface area contributed by atoms with Gasteiger partial charge in [-0.25, -0.2) is 4.99 Å². The Morgan fingerprint density at radius 2 is 2.15 bits per heavy atom. The normalized spacial score (nSPS) is 19.6. The van der Waals surface area contributed by atoms with Crippen LogP contribution >= 0.6 is 24.0 Å². The van der Waals surface area contributed by atoms with Gasteiger partial charge < -0.3 is 11.1 Å². The van der Waals surface area contributed by atoms with Crippen LogP contribution in [0.4, 0.5) is 0 Å². The summed E-state index contributed by atoms with van der Waals surface area (Å²) in [5.74, 6) is 0.548. The maximum atomic E-state index is 5.91. The van der Waals surface area contributed by atoms with E-state index in [0.29, 0.717) is 18.5 Å². The van der Waals surface area contributed by atoms with E-state index in [1.807, 2.05) is 18.2 Å². The number of nitrogens with one attached hydrogen (secondary N) is 1. The Kier molecular flexibility index (Phi) is 7.91. The van der Waals surface area contributed by atoms with Crippen LogP contribution in [0.3, 0.4) is 0 Å². The lowest BCUT2D eigenvalue weighted by atomic mass is 10.2. The average Bonchev–Trinajstić information content (AvgIpc) is 2.91. The van der Waals surface area contributed by atoms with Crippen LogP contribution < -0.4 is 11.1 Å². The summed E-state index contributed by atoms with van der Waals surface area (Å²) >= 11 is 0. The first-order valence-corrected chi connectivity index (χ1v) is 7.11. The molecule has 1 unspecified atom stereocenters. The topological polar surface area (TPSA) is 53.6 Å². The van der Waals surface area contributed by atoms with Crippen molar-refractivity contribution < 1.29 is 0 Å². The van der Waals surface area contributed by atoms with Gasteiger partial charge in [0, 0.05) is 12.6 Å². The molecule has 1 fully saturated rings. The summed E-state index contributed by atoms with van der Waals surface area (Å²) in [4.78, 5) is 6.87. The molecule has 112 valence electrons. The summed E-state index contributed by atoms with van der Waals surface area (Å²) < 4.78 is 0. The zero-order chi connectivity index (χ0) is 13.5. The SMILES string of the molecule is CCN1CCCC1CNC(N)=NCc1ccccc1.I. The maximum Gasteiger partial charge on any atom is 0.188 e. The van der Waals surface area contributed by atoms with E-state index in [4.69, 9.17) is 5.73 Å². The molecule has 0 aromatic heterocycles. The Balaban J connectivity index is 0.00000200. The summed E-state index contributed by atoms with van der Waals surface area (Å²) in [5, 5.41) is 3.25. The van der Waals surface area contributed by atoms with Crippen molar-refractivity contribution in [3.8, 4) is 0 Å². The van der Waals surface area contributed by atoms with Crippen LogP contribution in [-0.2, 0) is 6.54 Å². The summed E-state index contributed by atoms with van der Waals surface area (Å²) in [5.41, 5.74) is 7.09. The van der Waals surface area contributed by atoms with Crippen LogP contribution in [0.1, 0.15) is 25.3 Å². The van der Waals surface area contributed by atoms with Gasteiger partial charge in [0.05, 0.1) is 6.54 Å². The number of nitrogens with two attached hydrogens (primary N) is 1. The van der Waals surface area contributed by atoms with Gasteiger partial charge in [-0.15, -0.1) is 24.0 Å². The molecule has 4 nitrogen and oxygen atoms in total. The number of rotatable bonds is 5. The Morgan fingerprint density at radius 3 is 2.85 bits per heavy atom. The van der Waals surface area contributed by atoms with Crippen molar-refractivity contribution in [1.29, 1.82) is 0 Å². The number of likely N-dealkylation sites (tertiary alicyclic amines) is 1.